The van der Waals surface area contributed by atoms with E-state index in [2.05, 4.69) is 15.1 Å². The summed E-state index contributed by atoms with van der Waals surface area (Å²) in [6.07, 6.45) is 2.18. The van der Waals surface area contributed by atoms with Gasteiger partial charge in [-0.3, -0.25) is 0 Å². The molecule has 0 aliphatic rings. The number of oxime groups is 1. The fourth-order valence-electron chi connectivity index (χ4n) is 1.09. The first-order chi connectivity index (χ1) is 8.48. The first-order valence-corrected chi connectivity index (χ1v) is 5.47. The van der Waals surface area contributed by atoms with Crippen LogP contribution in [0.4, 0.5) is 0 Å². The molecule has 0 unspecified atom stereocenters. The number of hydrogen-bond acceptors (Lipinski definition) is 6. The van der Waals surface area contributed by atoms with Crippen LogP contribution < -0.4 is 10.5 Å². The summed E-state index contributed by atoms with van der Waals surface area (Å²) in [4.78, 5) is 7.93. The summed E-state index contributed by atoms with van der Waals surface area (Å²) in [5.74, 6) is -0.0838. The second-order valence-corrected chi connectivity index (χ2v) is 4.27. The molecule has 7 heteroatoms. The summed E-state index contributed by atoms with van der Waals surface area (Å²) >= 11 is 0. The zero-order chi connectivity index (χ0) is 13.6. The molecule has 1 heterocycles. The molecule has 1 rings (SSSR count). The van der Waals surface area contributed by atoms with Crippen molar-refractivity contribution in [2.24, 2.45) is 10.9 Å². The summed E-state index contributed by atoms with van der Waals surface area (Å²) in [7, 11) is 1.65. The van der Waals surface area contributed by atoms with Crippen LogP contribution in [0.2, 0.25) is 0 Å². The molecule has 1 aromatic heterocycles. The highest BCUT2D eigenvalue weighted by molar-refractivity contribution is 5.95. The van der Waals surface area contributed by atoms with Crippen LogP contribution >= 0.6 is 0 Å². The van der Waals surface area contributed by atoms with Crippen molar-refractivity contribution in [3.05, 3.63) is 18.0 Å². The average molecular weight is 254 g/mol. The molecule has 0 bridgehead atoms. The monoisotopic (exact) mass is 254 g/mol. The number of ether oxygens (including phenoxy) is 2. The van der Waals surface area contributed by atoms with E-state index in [0.29, 0.717) is 18.7 Å². The van der Waals surface area contributed by atoms with Gasteiger partial charge in [0.25, 0.3) is 0 Å². The van der Waals surface area contributed by atoms with Crippen LogP contribution in [-0.4, -0.2) is 40.3 Å². The van der Waals surface area contributed by atoms with E-state index in [-0.39, 0.29) is 17.4 Å². The van der Waals surface area contributed by atoms with Gasteiger partial charge in [-0.05, 0) is 19.9 Å². The molecule has 0 spiro atoms. The summed E-state index contributed by atoms with van der Waals surface area (Å²) < 4.78 is 10.6. The van der Waals surface area contributed by atoms with E-state index in [1.807, 2.05) is 13.8 Å². The quantitative estimate of drug-likeness (QED) is 0.336. The summed E-state index contributed by atoms with van der Waals surface area (Å²) in [5, 5.41) is 11.4. The molecule has 0 aliphatic heterocycles. The van der Waals surface area contributed by atoms with Gasteiger partial charge in [-0.25, -0.2) is 4.98 Å². The third-order valence-electron chi connectivity index (χ3n) is 2.49. The first kappa shape index (κ1) is 14.2. The Labute approximate surface area is 106 Å². The maximum absolute atomic E-state index is 8.54. The van der Waals surface area contributed by atoms with Gasteiger partial charge in [0.15, 0.2) is 5.84 Å². The van der Waals surface area contributed by atoms with Crippen molar-refractivity contribution in [3.63, 3.8) is 0 Å². The zero-order valence-electron chi connectivity index (χ0n) is 10.8. The van der Waals surface area contributed by atoms with E-state index in [1.165, 1.54) is 12.3 Å². The Morgan fingerprint density at radius 1 is 1.56 bits per heavy atom. The molecule has 0 aromatic carbocycles. The lowest BCUT2D eigenvalue weighted by Crippen LogP contribution is -2.25. The molecule has 0 saturated carbocycles. The third-order valence-corrected chi connectivity index (χ3v) is 2.49. The SMILES string of the molecule is COC(C)(C)CCOc1nccc(/C(N)=N/O)n1. The normalized spacial score (nSPS) is 12.5. The molecule has 0 atom stereocenters. The van der Waals surface area contributed by atoms with E-state index in [0.717, 1.165) is 0 Å². The molecule has 1 aromatic rings. The van der Waals surface area contributed by atoms with E-state index in [1.54, 1.807) is 7.11 Å². The van der Waals surface area contributed by atoms with Crippen LogP contribution in [0, 0.1) is 0 Å². The molecule has 18 heavy (non-hydrogen) atoms. The maximum Gasteiger partial charge on any atom is 0.317 e. The van der Waals surface area contributed by atoms with Gasteiger partial charge in [0.2, 0.25) is 0 Å². The fraction of sp³-hybridized carbons (Fsp3) is 0.545. The number of nitrogens with two attached hydrogens (primary N) is 1. The van der Waals surface area contributed by atoms with Gasteiger partial charge in [-0.1, -0.05) is 5.16 Å². The predicted octanol–water partition coefficient (Wildman–Crippen LogP) is 0.765. The van der Waals surface area contributed by atoms with Gasteiger partial charge < -0.3 is 20.4 Å². The highest BCUT2D eigenvalue weighted by atomic mass is 16.5. The Morgan fingerprint density at radius 3 is 2.89 bits per heavy atom. The summed E-state index contributed by atoms with van der Waals surface area (Å²) in [6, 6.07) is 1.71. The van der Waals surface area contributed by atoms with Crippen LogP contribution in [0.5, 0.6) is 6.01 Å². The van der Waals surface area contributed by atoms with E-state index < -0.39 is 0 Å². The van der Waals surface area contributed by atoms with E-state index in [9.17, 15) is 0 Å². The van der Waals surface area contributed by atoms with Crippen LogP contribution in [0.15, 0.2) is 17.4 Å². The molecular formula is C11H18N4O3. The first-order valence-electron chi connectivity index (χ1n) is 5.47. The standard InChI is InChI=1S/C11H18N4O3/c1-11(2,17-3)5-7-18-10-13-6-4-8(14-10)9(12)15-16/h4,6,16H,5,7H2,1-3H3,(H2,12,15). The Kier molecular flexibility index (Phi) is 4.85. The van der Waals surface area contributed by atoms with E-state index >= 15 is 0 Å². The predicted molar refractivity (Wildman–Crippen MR) is 65.7 cm³/mol. The molecule has 100 valence electrons. The van der Waals surface area contributed by atoms with Gasteiger partial charge in [-0.2, -0.15) is 4.98 Å². The lowest BCUT2D eigenvalue weighted by Gasteiger charge is -2.22. The Balaban J connectivity index is 2.58. The molecule has 0 fully saturated rings. The minimum Gasteiger partial charge on any atom is -0.463 e. The number of methoxy groups -OCH3 is 1. The minimum atomic E-state index is -0.261. The van der Waals surface area contributed by atoms with Gasteiger partial charge in [-0.15, -0.1) is 0 Å². The Morgan fingerprint density at radius 2 is 2.28 bits per heavy atom. The van der Waals surface area contributed by atoms with Crippen molar-refractivity contribution < 1.29 is 14.7 Å². The number of aromatic nitrogens is 2. The van der Waals surface area contributed by atoms with Gasteiger partial charge in [0.1, 0.15) is 5.69 Å². The van der Waals surface area contributed by atoms with Crippen molar-refractivity contribution in [1.82, 2.24) is 9.97 Å². The number of amidine groups is 1. The molecule has 0 saturated heterocycles. The topological polar surface area (TPSA) is 103 Å². The molecule has 7 nitrogen and oxygen atoms in total. The second kappa shape index (κ2) is 6.15. The van der Waals surface area contributed by atoms with Gasteiger partial charge >= 0.3 is 6.01 Å². The Hall–Kier alpha value is -1.89. The van der Waals surface area contributed by atoms with Gasteiger partial charge in [0, 0.05) is 19.7 Å². The van der Waals surface area contributed by atoms with Gasteiger partial charge in [0.05, 0.1) is 12.2 Å². The van der Waals surface area contributed by atoms with Crippen molar-refractivity contribution in [2.45, 2.75) is 25.9 Å². The average Bonchev–Trinajstić information content (AvgIpc) is 2.38. The van der Waals surface area contributed by atoms with Crippen molar-refractivity contribution in [2.75, 3.05) is 13.7 Å². The lowest BCUT2D eigenvalue weighted by atomic mass is 10.1. The second-order valence-electron chi connectivity index (χ2n) is 4.27. The van der Waals surface area contributed by atoms with Crippen LogP contribution in [0.25, 0.3) is 0 Å². The molecule has 0 radical (unpaired) electrons. The van der Waals surface area contributed by atoms with Crippen molar-refractivity contribution in [1.29, 1.82) is 0 Å². The fourth-order valence-corrected chi connectivity index (χ4v) is 1.09. The third kappa shape index (κ3) is 4.17. The smallest absolute Gasteiger partial charge is 0.317 e. The molecule has 0 aliphatic carbocycles. The largest absolute Gasteiger partial charge is 0.463 e. The minimum absolute atomic E-state index is 0.0838. The zero-order valence-corrected chi connectivity index (χ0v) is 10.8. The summed E-state index contributed by atoms with van der Waals surface area (Å²) in [6.45, 7) is 4.34. The highest BCUT2D eigenvalue weighted by Gasteiger charge is 2.16. The van der Waals surface area contributed by atoms with Crippen LogP contribution in [-0.2, 0) is 4.74 Å². The number of hydrogen-bond donors (Lipinski definition) is 2. The number of rotatable bonds is 6. The maximum atomic E-state index is 8.54. The summed E-state index contributed by atoms with van der Waals surface area (Å²) in [5.41, 5.74) is 5.47. The van der Waals surface area contributed by atoms with Crippen molar-refractivity contribution in [3.8, 4) is 6.01 Å². The molecule has 0 amide bonds. The van der Waals surface area contributed by atoms with E-state index in [4.69, 9.17) is 20.4 Å². The Bertz CT molecular complexity index is 421. The van der Waals surface area contributed by atoms with Crippen molar-refractivity contribution >= 4 is 5.84 Å². The lowest BCUT2D eigenvalue weighted by molar-refractivity contribution is 0.00466. The van der Waals surface area contributed by atoms with Crippen LogP contribution in [0.1, 0.15) is 26.0 Å². The molecule has 3 N–H and O–H groups in total. The number of nitrogens with zero attached hydrogens (tertiary/aromatic N) is 3. The highest BCUT2D eigenvalue weighted by Crippen LogP contribution is 2.13. The molecular weight excluding hydrogens is 236 g/mol. The van der Waals surface area contributed by atoms with Crippen LogP contribution in [0.3, 0.4) is 0 Å².